The van der Waals surface area contributed by atoms with Crippen molar-refractivity contribution in [1.82, 2.24) is 4.90 Å². The van der Waals surface area contributed by atoms with Gasteiger partial charge in [-0.2, -0.15) is 12.6 Å². The highest BCUT2D eigenvalue weighted by Crippen LogP contribution is 1.95. The van der Waals surface area contributed by atoms with Crippen LogP contribution in [0.5, 0.6) is 0 Å². The highest BCUT2D eigenvalue weighted by Gasteiger charge is 2.07. The van der Waals surface area contributed by atoms with Gasteiger partial charge in [0.15, 0.2) is 0 Å². The van der Waals surface area contributed by atoms with E-state index < -0.39 is 0 Å². The van der Waals surface area contributed by atoms with Crippen LogP contribution >= 0.6 is 12.6 Å². The normalized spacial score (nSPS) is 9.27. The molecule has 0 fully saturated rings. The summed E-state index contributed by atoms with van der Waals surface area (Å²) in [6.07, 6.45) is 2.25. The van der Waals surface area contributed by atoms with Gasteiger partial charge in [0.2, 0.25) is 5.91 Å². The van der Waals surface area contributed by atoms with Gasteiger partial charge in [-0.1, -0.05) is 6.08 Å². The predicted molar refractivity (Wildman–Crippen MR) is 50.9 cm³/mol. The lowest BCUT2D eigenvalue weighted by molar-refractivity contribution is -0.130. The summed E-state index contributed by atoms with van der Waals surface area (Å²) in [6, 6.07) is 0. The molecule has 0 heterocycles. The van der Waals surface area contributed by atoms with Crippen LogP contribution in [0.4, 0.5) is 0 Å². The Kier molecular flexibility index (Phi) is 6.03. The van der Waals surface area contributed by atoms with Gasteiger partial charge < -0.3 is 4.90 Å². The van der Waals surface area contributed by atoms with E-state index in [0.29, 0.717) is 18.7 Å². The van der Waals surface area contributed by atoms with Crippen LogP contribution < -0.4 is 0 Å². The number of thiol groups is 1. The molecule has 1 amide bonds. The van der Waals surface area contributed by atoms with Crippen molar-refractivity contribution >= 4 is 18.5 Å². The molecule has 0 saturated carbocycles. The van der Waals surface area contributed by atoms with Crippen molar-refractivity contribution in [2.45, 2.75) is 13.3 Å². The number of nitrogens with zero attached hydrogens (tertiary/aromatic N) is 1. The average Bonchev–Trinajstić information content (AvgIpc) is 2.00. The first-order chi connectivity index (χ1) is 5.26. The third kappa shape index (κ3) is 4.09. The zero-order valence-electron chi connectivity index (χ0n) is 6.92. The molecule has 0 aliphatic rings. The molecule has 0 bridgehead atoms. The van der Waals surface area contributed by atoms with E-state index >= 15 is 0 Å². The van der Waals surface area contributed by atoms with E-state index in [9.17, 15) is 4.79 Å². The minimum atomic E-state index is 0.155. The molecule has 2 nitrogen and oxygen atoms in total. The Morgan fingerprint density at radius 2 is 2.36 bits per heavy atom. The van der Waals surface area contributed by atoms with Gasteiger partial charge in [0.25, 0.3) is 0 Å². The number of hydrogen-bond acceptors (Lipinski definition) is 2. The topological polar surface area (TPSA) is 20.3 Å². The molecule has 0 aliphatic carbocycles. The van der Waals surface area contributed by atoms with Gasteiger partial charge in [-0.3, -0.25) is 4.79 Å². The Balaban J connectivity index is 3.80. The maximum atomic E-state index is 11.2. The lowest BCUT2D eigenvalue weighted by Gasteiger charge is -2.17. The van der Waals surface area contributed by atoms with Crippen LogP contribution in [0.25, 0.3) is 0 Å². The van der Waals surface area contributed by atoms with E-state index in [-0.39, 0.29) is 5.91 Å². The van der Waals surface area contributed by atoms with Crippen LogP contribution in [-0.4, -0.2) is 29.6 Å². The Hall–Kier alpha value is -0.440. The SMILES string of the molecule is C=CCN(CC)C(=O)CCS. The molecule has 11 heavy (non-hydrogen) atoms. The summed E-state index contributed by atoms with van der Waals surface area (Å²) in [4.78, 5) is 12.9. The van der Waals surface area contributed by atoms with Gasteiger partial charge >= 0.3 is 0 Å². The van der Waals surface area contributed by atoms with Crippen molar-refractivity contribution in [3.05, 3.63) is 12.7 Å². The summed E-state index contributed by atoms with van der Waals surface area (Å²) in [5.41, 5.74) is 0. The van der Waals surface area contributed by atoms with Gasteiger partial charge in [0, 0.05) is 19.5 Å². The maximum Gasteiger partial charge on any atom is 0.223 e. The first-order valence-corrected chi connectivity index (χ1v) is 4.39. The molecule has 0 rings (SSSR count). The minimum absolute atomic E-state index is 0.155. The van der Waals surface area contributed by atoms with E-state index in [2.05, 4.69) is 19.2 Å². The summed E-state index contributed by atoms with van der Waals surface area (Å²) < 4.78 is 0. The number of rotatable bonds is 5. The van der Waals surface area contributed by atoms with Gasteiger partial charge in [0.1, 0.15) is 0 Å². The second-order valence-corrected chi connectivity index (χ2v) is 2.64. The van der Waals surface area contributed by atoms with Gasteiger partial charge in [-0.15, -0.1) is 6.58 Å². The van der Waals surface area contributed by atoms with Crippen LogP contribution in [0.2, 0.25) is 0 Å². The molecule has 3 heteroatoms. The fourth-order valence-corrected chi connectivity index (χ4v) is 1.01. The fraction of sp³-hybridized carbons (Fsp3) is 0.625. The summed E-state index contributed by atoms with van der Waals surface area (Å²) in [5.74, 6) is 0.773. The van der Waals surface area contributed by atoms with Crippen molar-refractivity contribution in [2.24, 2.45) is 0 Å². The highest BCUT2D eigenvalue weighted by atomic mass is 32.1. The monoisotopic (exact) mass is 173 g/mol. The van der Waals surface area contributed by atoms with E-state index in [1.807, 2.05) is 6.92 Å². The van der Waals surface area contributed by atoms with Crippen molar-refractivity contribution in [3.8, 4) is 0 Å². The maximum absolute atomic E-state index is 11.2. The number of hydrogen-bond donors (Lipinski definition) is 1. The van der Waals surface area contributed by atoms with Crippen molar-refractivity contribution in [3.63, 3.8) is 0 Å². The fourth-order valence-electron chi connectivity index (χ4n) is 0.817. The molecule has 0 radical (unpaired) electrons. The van der Waals surface area contributed by atoms with Crippen molar-refractivity contribution < 1.29 is 4.79 Å². The van der Waals surface area contributed by atoms with E-state index in [4.69, 9.17) is 0 Å². The molecule has 0 aliphatic heterocycles. The standard InChI is InChI=1S/C8H15NOS/c1-3-6-9(4-2)8(10)5-7-11/h3,11H,1,4-7H2,2H3. The molecule has 0 aromatic heterocycles. The van der Waals surface area contributed by atoms with Crippen LogP contribution in [0.1, 0.15) is 13.3 Å². The third-order valence-electron chi connectivity index (χ3n) is 1.41. The molecular weight excluding hydrogens is 158 g/mol. The van der Waals surface area contributed by atoms with Gasteiger partial charge in [-0.05, 0) is 12.7 Å². The lowest BCUT2D eigenvalue weighted by Crippen LogP contribution is -2.30. The summed E-state index contributed by atoms with van der Waals surface area (Å²) in [7, 11) is 0. The third-order valence-corrected chi connectivity index (χ3v) is 1.63. The van der Waals surface area contributed by atoms with Crippen molar-refractivity contribution in [1.29, 1.82) is 0 Å². The summed E-state index contributed by atoms with van der Waals surface area (Å²) >= 11 is 3.99. The highest BCUT2D eigenvalue weighted by molar-refractivity contribution is 7.80. The summed E-state index contributed by atoms with van der Waals surface area (Å²) in [5, 5.41) is 0. The first-order valence-electron chi connectivity index (χ1n) is 3.75. The molecule has 0 spiro atoms. The quantitative estimate of drug-likeness (QED) is 0.491. The largest absolute Gasteiger partial charge is 0.339 e. The molecule has 0 unspecified atom stereocenters. The van der Waals surface area contributed by atoms with Crippen LogP contribution in [0.15, 0.2) is 12.7 Å². The Labute approximate surface area is 73.7 Å². The smallest absolute Gasteiger partial charge is 0.223 e. The first kappa shape index (κ1) is 10.6. The minimum Gasteiger partial charge on any atom is -0.339 e. The molecular formula is C8H15NOS. The number of carbonyl (C=O) groups is 1. The number of likely N-dealkylation sites (N-methyl/N-ethyl adjacent to an activating group) is 1. The molecule has 0 N–H and O–H groups in total. The van der Waals surface area contributed by atoms with Crippen LogP contribution in [0, 0.1) is 0 Å². The molecule has 64 valence electrons. The second kappa shape index (κ2) is 6.28. The van der Waals surface area contributed by atoms with E-state index in [0.717, 1.165) is 6.54 Å². The Morgan fingerprint density at radius 1 is 1.73 bits per heavy atom. The van der Waals surface area contributed by atoms with Crippen molar-refractivity contribution in [2.75, 3.05) is 18.8 Å². The zero-order chi connectivity index (χ0) is 8.69. The summed E-state index contributed by atoms with van der Waals surface area (Å²) in [6.45, 7) is 6.93. The van der Waals surface area contributed by atoms with E-state index in [1.54, 1.807) is 11.0 Å². The average molecular weight is 173 g/mol. The van der Waals surface area contributed by atoms with E-state index in [1.165, 1.54) is 0 Å². The molecule has 0 atom stereocenters. The molecule has 0 saturated heterocycles. The number of amides is 1. The predicted octanol–water partition coefficient (Wildman–Crippen LogP) is 1.34. The lowest BCUT2D eigenvalue weighted by atomic mass is 10.4. The zero-order valence-corrected chi connectivity index (χ0v) is 7.81. The Morgan fingerprint density at radius 3 is 2.73 bits per heavy atom. The number of carbonyl (C=O) groups excluding carboxylic acids is 1. The molecule has 0 aromatic carbocycles. The van der Waals surface area contributed by atoms with Gasteiger partial charge in [0.05, 0.1) is 0 Å². The Bertz CT molecular complexity index is 136. The van der Waals surface area contributed by atoms with Crippen LogP contribution in [-0.2, 0) is 4.79 Å². The van der Waals surface area contributed by atoms with Crippen LogP contribution in [0.3, 0.4) is 0 Å². The van der Waals surface area contributed by atoms with Gasteiger partial charge in [-0.25, -0.2) is 0 Å². The molecule has 0 aromatic rings. The second-order valence-electron chi connectivity index (χ2n) is 2.19.